The van der Waals surface area contributed by atoms with Crippen LogP contribution in [0.3, 0.4) is 0 Å². The Balaban J connectivity index is 4.11. The summed E-state index contributed by atoms with van der Waals surface area (Å²) >= 11 is 0. The Hall–Kier alpha value is -2.55. The number of unbranched alkanes of at least 4 members (excludes halogenated alkanes) is 11. The van der Waals surface area contributed by atoms with Crippen molar-refractivity contribution in [2.75, 3.05) is 13.2 Å². The van der Waals surface area contributed by atoms with Crippen molar-refractivity contribution in [3.8, 4) is 0 Å². The molecule has 0 aliphatic rings. The summed E-state index contributed by atoms with van der Waals surface area (Å²) in [5.41, 5.74) is 0. The lowest BCUT2D eigenvalue weighted by Gasteiger charge is -2.18. The number of hydrogen-bond acceptors (Lipinski definition) is 7. The van der Waals surface area contributed by atoms with Crippen LogP contribution in [0, 0.1) is 0 Å². The van der Waals surface area contributed by atoms with Gasteiger partial charge >= 0.3 is 19.8 Å². The number of rotatable bonds is 34. The number of allylic oxidation sites excluding steroid dienone is 12. The van der Waals surface area contributed by atoms with Gasteiger partial charge < -0.3 is 24.4 Å². The van der Waals surface area contributed by atoms with E-state index in [1.807, 2.05) is 19.1 Å². The molecule has 292 valence electrons. The Morgan fingerprint density at radius 1 is 0.608 bits per heavy atom. The van der Waals surface area contributed by atoms with Crippen molar-refractivity contribution in [2.45, 2.75) is 161 Å². The van der Waals surface area contributed by atoms with E-state index in [-0.39, 0.29) is 25.6 Å². The summed E-state index contributed by atoms with van der Waals surface area (Å²) in [4.78, 5) is 42.7. The molecule has 9 nitrogen and oxygen atoms in total. The molecule has 0 saturated heterocycles. The van der Waals surface area contributed by atoms with Crippen molar-refractivity contribution in [3.63, 3.8) is 0 Å². The summed E-state index contributed by atoms with van der Waals surface area (Å²) < 4.78 is 26.2. The molecule has 0 amide bonds. The van der Waals surface area contributed by atoms with Crippen molar-refractivity contribution in [2.24, 2.45) is 0 Å². The number of carbonyl (C=O) groups excluding carboxylic acids is 2. The molecule has 0 bridgehead atoms. The van der Waals surface area contributed by atoms with E-state index in [1.165, 1.54) is 25.7 Å². The van der Waals surface area contributed by atoms with E-state index >= 15 is 0 Å². The summed E-state index contributed by atoms with van der Waals surface area (Å²) in [5.74, 6) is -0.992. The molecule has 0 rings (SSSR count). The van der Waals surface area contributed by atoms with E-state index < -0.39 is 32.5 Å². The molecule has 0 spiro atoms. The molecule has 3 N–H and O–H groups in total. The highest BCUT2D eigenvalue weighted by molar-refractivity contribution is 7.46. The van der Waals surface area contributed by atoms with Crippen LogP contribution in [0.2, 0.25) is 0 Å². The monoisotopic (exact) mass is 736 g/mol. The first kappa shape index (κ1) is 48.5. The second-order valence-corrected chi connectivity index (χ2v) is 14.1. The van der Waals surface area contributed by atoms with Gasteiger partial charge in [-0.1, -0.05) is 118 Å². The van der Waals surface area contributed by atoms with Gasteiger partial charge in [0.05, 0.1) is 12.7 Å². The molecule has 0 aliphatic heterocycles. The highest BCUT2D eigenvalue weighted by Gasteiger charge is 2.22. The highest BCUT2D eigenvalue weighted by Crippen LogP contribution is 2.36. The second-order valence-electron chi connectivity index (χ2n) is 12.9. The van der Waals surface area contributed by atoms with Gasteiger partial charge in [-0.2, -0.15) is 0 Å². The lowest BCUT2D eigenvalue weighted by Crippen LogP contribution is -2.29. The first-order chi connectivity index (χ1) is 24.6. The summed E-state index contributed by atoms with van der Waals surface area (Å²) in [6, 6.07) is 0. The normalized spacial score (nSPS) is 13.9. The van der Waals surface area contributed by atoms with Gasteiger partial charge in [0.2, 0.25) is 0 Å². The molecule has 0 fully saturated rings. The van der Waals surface area contributed by atoms with Crippen LogP contribution in [0.4, 0.5) is 0 Å². The summed E-state index contributed by atoms with van der Waals surface area (Å²) in [7, 11) is -4.78. The molecule has 0 aromatic heterocycles. The maximum atomic E-state index is 12.4. The molecule has 10 heteroatoms. The standard InChI is InChI=1S/C41H69O9P/c1-3-4-5-6-7-8-9-10-12-17-20-23-26-29-32-35-41(44)50-39(37-49-51(45,46)47)36-48-40(43)34-31-28-25-22-19-16-14-11-13-15-18-21-24-27-30-33-38(2)42/h8-10,12-16,21-22,24-25,38-39,42H,3-7,11,17-20,23,26-37H2,1-2H3,(H2,45,46,47)/b9-8-,12-10-,15-13-,16-14-,24-21-,25-22-/t38-,39-/m1/s1. The van der Waals surface area contributed by atoms with Crippen LogP contribution in [-0.4, -0.2) is 52.3 Å². The Morgan fingerprint density at radius 2 is 1.10 bits per heavy atom. The quantitative estimate of drug-likeness (QED) is 0.0194. The molecule has 0 unspecified atom stereocenters. The molecular weight excluding hydrogens is 667 g/mol. The molecule has 2 atom stereocenters. The van der Waals surface area contributed by atoms with Crippen LogP contribution in [-0.2, 0) is 28.2 Å². The number of aliphatic hydroxyl groups excluding tert-OH is 1. The molecule has 0 saturated carbocycles. The molecule has 0 heterocycles. The third-order valence-corrected chi connectivity index (χ3v) is 8.23. The smallest absolute Gasteiger partial charge is 0.462 e. The van der Waals surface area contributed by atoms with Crippen molar-refractivity contribution in [1.82, 2.24) is 0 Å². The zero-order chi connectivity index (χ0) is 37.7. The zero-order valence-electron chi connectivity index (χ0n) is 31.6. The largest absolute Gasteiger partial charge is 0.469 e. The fourth-order valence-electron chi connectivity index (χ4n) is 4.84. The van der Waals surface area contributed by atoms with Gasteiger partial charge in [0.15, 0.2) is 6.10 Å². The zero-order valence-corrected chi connectivity index (χ0v) is 32.5. The Bertz CT molecular complexity index is 1070. The third-order valence-electron chi connectivity index (χ3n) is 7.74. The van der Waals surface area contributed by atoms with Gasteiger partial charge in [-0.25, -0.2) is 4.57 Å². The highest BCUT2D eigenvalue weighted by atomic mass is 31.2. The number of phosphoric acid groups is 1. The number of ether oxygens (including phenoxy) is 2. The van der Waals surface area contributed by atoms with Crippen LogP contribution in [0.1, 0.15) is 149 Å². The first-order valence-corrected chi connectivity index (χ1v) is 20.8. The van der Waals surface area contributed by atoms with E-state index in [0.29, 0.717) is 19.3 Å². The SMILES string of the molecule is CCCCCC/C=C\C=C/CCCCCCCC(=O)O[C@H](COC(=O)CCC/C=C\C/C=C\C/C=C\C/C=C\CCC[C@@H](C)O)COP(=O)(O)O. The van der Waals surface area contributed by atoms with Crippen molar-refractivity contribution < 1.29 is 43.0 Å². The topological polar surface area (TPSA) is 140 Å². The molecule has 51 heavy (non-hydrogen) atoms. The summed E-state index contributed by atoms with van der Waals surface area (Å²) in [6.45, 7) is 3.13. The van der Waals surface area contributed by atoms with Crippen molar-refractivity contribution in [1.29, 1.82) is 0 Å². The van der Waals surface area contributed by atoms with Gasteiger partial charge in [-0.05, 0) is 90.4 Å². The maximum absolute atomic E-state index is 12.4. The first-order valence-electron chi connectivity index (χ1n) is 19.3. The van der Waals surface area contributed by atoms with E-state index in [2.05, 4.69) is 72.2 Å². The number of carbonyl (C=O) groups is 2. The fourth-order valence-corrected chi connectivity index (χ4v) is 5.20. The van der Waals surface area contributed by atoms with Crippen LogP contribution < -0.4 is 0 Å². The molecule has 0 radical (unpaired) electrons. The summed E-state index contributed by atoms with van der Waals surface area (Å²) in [5, 5.41) is 9.24. The second kappa shape index (κ2) is 35.8. The Labute approximate surface area is 309 Å². The third kappa shape index (κ3) is 40.1. The Morgan fingerprint density at radius 3 is 1.67 bits per heavy atom. The maximum Gasteiger partial charge on any atom is 0.469 e. The van der Waals surface area contributed by atoms with Gasteiger partial charge in [0.25, 0.3) is 0 Å². The molecule has 0 aromatic rings. The minimum absolute atomic E-state index is 0.172. The minimum atomic E-state index is -4.78. The van der Waals surface area contributed by atoms with E-state index in [1.54, 1.807) is 0 Å². The van der Waals surface area contributed by atoms with Gasteiger partial charge in [-0.15, -0.1) is 0 Å². The van der Waals surface area contributed by atoms with Crippen molar-refractivity contribution in [3.05, 3.63) is 72.9 Å². The molecular formula is C41H69O9P. The minimum Gasteiger partial charge on any atom is -0.462 e. The molecule has 0 aliphatic carbocycles. The van der Waals surface area contributed by atoms with Gasteiger partial charge in [0, 0.05) is 12.8 Å². The van der Waals surface area contributed by atoms with Gasteiger partial charge in [0.1, 0.15) is 6.61 Å². The number of esters is 2. The van der Waals surface area contributed by atoms with Crippen molar-refractivity contribution >= 4 is 19.8 Å². The van der Waals surface area contributed by atoms with Crippen LogP contribution in [0.15, 0.2) is 72.9 Å². The summed E-state index contributed by atoms with van der Waals surface area (Å²) in [6.07, 6.45) is 43.3. The fraction of sp³-hybridized carbons (Fsp3) is 0.659. The van der Waals surface area contributed by atoms with E-state index in [0.717, 1.165) is 77.0 Å². The van der Waals surface area contributed by atoms with E-state index in [4.69, 9.17) is 19.3 Å². The van der Waals surface area contributed by atoms with E-state index in [9.17, 15) is 19.3 Å². The van der Waals surface area contributed by atoms with Crippen LogP contribution in [0.5, 0.6) is 0 Å². The van der Waals surface area contributed by atoms with Gasteiger partial charge in [-0.3, -0.25) is 14.1 Å². The lowest BCUT2D eigenvalue weighted by atomic mass is 10.1. The number of hydrogen-bond donors (Lipinski definition) is 3. The predicted octanol–water partition coefficient (Wildman–Crippen LogP) is 10.5. The average Bonchev–Trinajstić information content (AvgIpc) is 3.08. The van der Waals surface area contributed by atoms with Crippen LogP contribution in [0.25, 0.3) is 0 Å². The van der Waals surface area contributed by atoms with Crippen LogP contribution >= 0.6 is 7.82 Å². The lowest BCUT2D eigenvalue weighted by molar-refractivity contribution is -0.161. The number of phosphoric ester groups is 1. The molecule has 0 aromatic carbocycles. The average molecular weight is 737 g/mol. The predicted molar refractivity (Wildman–Crippen MR) is 208 cm³/mol. The number of aliphatic hydroxyl groups is 1. The Kier molecular flexibility index (Phi) is 34.0.